The minimum absolute atomic E-state index is 0.0568. The van der Waals surface area contributed by atoms with Gasteiger partial charge in [-0.2, -0.15) is 0 Å². The van der Waals surface area contributed by atoms with Gasteiger partial charge in [0.15, 0.2) is 0 Å². The number of hydrogen-bond donors (Lipinski definition) is 1. The van der Waals surface area contributed by atoms with Gasteiger partial charge in [-0.3, -0.25) is 4.79 Å². The van der Waals surface area contributed by atoms with E-state index < -0.39 is 0 Å². The van der Waals surface area contributed by atoms with Gasteiger partial charge in [-0.05, 0) is 48.1 Å². The molecule has 0 aliphatic heterocycles. The smallest absolute Gasteiger partial charge is 0.224 e. The van der Waals surface area contributed by atoms with Crippen LogP contribution < -0.4 is 10.1 Å². The summed E-state index contributed by atoms with van der Waals surface area (Å²) < 4.78 is 8.46. The van der Waals surface area contributed by atoms with Crippen LogP contribution in [0.15, 0.2) is 91.0 Å². The van der Waals surface area contributed by atoms with E-state index in [1.807, 2.05) is 73.7 Å². The van der Waals surface area contributed by atoms with Crippen molar-refractivity contribution in [3.8, 4) is 5.75 Å². The number of carbonyl (C=O) groups excluding carboxylic acids is 1. The van der Waals surface area contributed by atoms with E-state index in [0.29, 0.717) is 26.1 Å². The Hall–Kier alpha value is -4.12. The normalized spacial score (nSPS) is 11.1. The number of imidazole rings is 1. The molecule has 1 amide bonds. The largest absolute Gasteiger partial charge is 0.491 e. The summed E-state index contributed by atoms with van der Waals surface area (Å²) in [6.07, 6.45) is 2.03. The minimum Gasteiger partial charge on any atom is -0.491 e. The maximum Gasteiger partial charge on any atom is 0.224 e. The molecule has 0 fully saturated rings. The topological polar surface area (TPSA) is 56.2 Å². The third-order valence-electron chi connectivity index (χ3n) is 6.57. The Kier molecular flexibility index (Phi) is 7.27. The van der Waals surface area contributed by atoms with E-state index in [9.17, 15) is 4.79 Å². The maximum atomic E-state index is 12.4. The lowest BCUT2D eigenvalue weighted by Gasteiger charge is -2.13. The van der Waals surface area contributed by atoms with Crippen LogP contribution in [0.4, 0.5) is 0 Å². The summed E-state index contributed by atoms with van der Waals surface area (Å²) in [5, 5.41) is 5.36. The minimum atomic E-state index is 0.0568. The van der Waals surface area contributed by atoms with Crippen molar-refractivity contribution in [2.45, 2.75) is 32.7 Å². The van der Waals surface area contributed by atoms with Crippen LogP contribution in [-0.4, -0.2) is 28.6 Å². The average molecular weight is 478 g/mol. The molecule has 0 radical (unpaired) electrons. The molecule has 5 rings (SSSR count). The molecular weight excluding hydrogens is 446 g/mol. The van der Waals surface area contributed by atoms with Crippen LogP contribution in [-0.2, 0) is 24.2 Å². The number of benzene rings is 4. The van der Waals surface area contributed by atoms with Gasteiger partial charge in [0.2, 0.25) is 5.91 Å². The number of ether oxygens (including phenoxy) is 1. The lowest BCUT2D eigenvalue weighted by Crippen LogP contribution is -2.26. The number of aryl methyl sites for hydroxylation is 2. The second-order valence-electron chi connectivity index (χ2n) is 9.05. The number of fused-ring (bicyclic) bond motifs is 2. The number of carbonyl (C=O) groups is 1. The van der Waals surface area contributed by atoms with E-state index in [1.165, 1.54) is 5.39 Å². The molecule has 5 nitrogen and oxygen atoms in total. The number of amides is 1. The van der Waals surface area contributed by atoms with Crippen LogP contribution in [0, 0.1) is 6.92 Å². The van der Waals surface area contributed by atoms with Gasteiger partial charge in [0, 0.05) is 18.4 Å². The van der Waals surface area contributed by atoms with Gasteiger partial charge in [-0.1, -0.05) is 72.8 Å². The van der Waals surface area contributed by atoms with Crippen LogP contribution in [0.2, 0.25) is 0 Å². The second-order valence-corrected chi connectivity index (χ2v) is 9.05. The quantitative estimate of drug-likeness (QED) is 0.256. The second kappa shape index (κ2) is 11.1. The zero-order chi connectivity index (χ0) is 24.7. The standard InChI is InChI=1S/C31H31N3O2/c1-23-10-2-3-12-25(23)22-31(35)32-19-9-18-30-33-27-15-6-7-16-28(27)34(30)20-21-36-29-17-8-13-24-11-4-5-14-26(24)29/h2-8,10-17H,9,18-22H2,1H3,(H,32,35). The molecule has 182 valence electrons. The van der Waals surface area contributed by atoms with Crippen molar-refractivity contribution in [1.29, 1.82) is 0 Å². The average Bonchev–Trinajstić information content (AvgIpc) is 3.25. The highest BCUT2D eigenvalue weighted by molar-refractivity contribution is 5.88. The van der Waals surface area contributed by atoms with E-state index >= 15 is 0 Å². The number of para-hydroxylation sites is 2. The maximum absolute atomic E-state index is 12.4. The Morgan fingerprint density at radius 2 is 1.69 bits per heavy atom. The highest BCUT2D eigenvalue weighted by atomic mass is 16.5. The Labute approximate surface area is 211 Å². The molecule has 0 aliphatic carbocycles. The molecule has 5 aromatic rings. The highest BCUT2D eigenvalue weighted by Crippen LogP contribution is 2.25. The van der Waals surface area contributed by atoms with Crippen molar-refractivity contribution in [2.24, 2.45) is 0 Å². The molecule has 36 heavy (non-hydrogen) atoms. The molecule has 0 spiro atoms. The molecule has 1 heterocycles. The van der Waals surface area contributed by atoms with Crippen molar-refractivity contribution in [2.75, 3.05) is 13.2 Å². The number of rotatable bonds is 10. The van der Waals surface area contributed by atoms with Gasteiger partial charge < -0.3 is 14.6 Å². The van der Waals surface area contributed by atoms with Crippen molar-refractivity contribution in [1.82, 2.24) is 14.9 Å². The van der Waals surface area contributed by atoms with Gasteiger partial charge >= 0.3 is 0 Å². The van der Waals surface area contributed by atoms with E-state index in [2.05, 4.69) is 34.1 Å². The van der Waals surface area contributed by atoms with E-state index in [1.54, 1.807) is 0 Å². The molecule has 0 bridgehead atoms. The first-order chi connectivity index (χ1) is 17.7. The fraction of sp³-hybridized carbons (Fsp3) is 0.226. The van der Waals surface area contributed by atoms with E-state index in [-0.39, 0.29) is 5.91 Å². The van der Waals surface area contributed by atoms with Gasteiger partial charge in [0.1, 0.15) is 18.2 Å². The first kappa shape index (κ1) is 23.6. The summed E-state index contributed by atoms with van der Waals surface area (Å²) in [5.74, 6) is 1.97. The third-order valence-corrected chi connectivity index (χ3v) is 6.57. The Balaban J connectivity index is 1.20. The number of aromatic nitrogens is 2. The zero-order valence-corrected chi connectivity index (χ0v) is 20.6. The molecule has 0 saturated heterocycles. The molecule has 0 aliphatic rings. The first-order valence-electron chi connectivity index (χ1n) is 12.5. The Bertz CT molecular complexity index is 1480. The lowest BCUT2D eigenvalue weighted by atomic mass is 10.1. The van der Waals surface area contributed by atoms with E-state index in [0.717, 1.165) is 52.0 Å². The van der Waals surface area contributed by atoms with Crippen LogP contribution in [0.5, 0.6) is 5.75 Å². The van der Waals surface area contributed by atoms with Gasteiger partial charge in [-0.25, -0.2) is 4.98 Å². The zero-order valence-electron chi connectivity index (χ0n) is 20.6. The molecule has 0 unspecified atom stereocenters. The van der Waals surface area contributed by atoms with Gasteiger partial charge in [-0.15, -0.1) is 0 Å². The van der Waals surface area contributed by atoms with Crippen LogP contribution in [0.25, 0.3) is 21.8 Å². The third kappa shape index (κ3) is 5.41. The molecule has 0 atom stereocenters. The van der Waals surface area contributed by atoms with Crippen molar-refractivity contribution >= 4 is 27.7 Å². The lowest BCUT2D eigenvalue weighted by molar-refractivity contribution is -0.120. The number of nitrogens with one attached hydrogen (secondary N) is 1. The van der Waals surface area contributed by atoms with Crippen molar-refractivity contribution in [3.05, 3.63) is 108 Å². The molecule has 5 heteroatoms. The summed E-state index contributed by atoms with van der Waals surface area (Å²) in [6, 6.07) is 30.7. The molecule has 4 aromatic carbocycles. The van der Waals surface area contributed by atoms with Crippen molar-refractivity contribution < 1.29 is 9.53 Å². The molecule has 1 N–H and O–H groups in total. The van der Waals surface area contributed by atoms with Crippen LogP contribution in [0.3, 0.4) is 0 Å². The summed E-state index contributed by atoms with van der Waals surface area (Å²) in [7, 11) is 0. The predicted octanol–water partition coefficient (Wildman–Crippen LogP) is 5.87. The fourth-order valence-corrected chi connectivity index (χ4v) is 4.65. The molecule has 0 saturated carbocycles. The Morgan fingerprint density at radius 3 is 2.61 bits per heavy atom. The highest BCUT2D eigenvalue weighted by Gasteiger charge is 2.12. The first-order valence-corrected chi connectivity index (χ1v) is 12.5. The molecular formula is C31H31N3O2. The van der Waals surface area contributed by atoms with E-state index in [4.69, 9.17) is 9.72 Å². The summed E-state index contributed by atoms with van der Waals surface area (Å²) in [4.78, 5) is 17.3. The summed E-state index contributed by atoms with van der Waals surface area (Å²) in [6.45, 7) is 3.92. The van der Waals surface area contributed by atoms with Crippen molar-refractivity contribution in [3.63, 3.8) is 0 Å². The predicted molar refractivity (Wildman–Crippen MR) is 145 cm³/mol. The van der Waals surface area contributed by atoms with Crippen LogP contribution in [0.1, 0.15) is 23.4 Å². The SMILES string of the molecule is Cc1ccccc1CC(=O)NCCCc1nc2ccccc2n1CCOc1cccc2ccccc12. The van der Waals surface area contributed by atoms with Gasteiger partial charge in [0.25, 0.3) is 0 Å². The monoisotopic (exact) mass is 477 g/mol. The number of nitrogens with zero attached hydrogens (tertiary/aromatic N) is 2. The summed E-state index contributed by atoms with van der Waals surface area (Å²) >= 11 is 0. The number of hydrogen-bond acceptors (Lipinski definition) is 3. The molecule has 1 aromatic heterocycles. The Morgan fingerprint density at radius 1 is 0.917 bits per heavy atom. The fourth-order valence-electron chi connectivity index (χ4n) is 4.65. The van der Waals surface area contributed by atoms with Crippen LogP contribution >= 0.6 is 0 Å². The van der Waals surface area contributed by atoms with Gasteiger partial charge in [0.05, 0.1) is 24.0 Å². The summed E-state index contributed by atoms with van der Waals surface area (Å²) in [5.41, 5.74) is 4.31.